The van der Waals surface area contributed by atoms with E-state index in [1.54, 1.807) is 18.2 Å². The number of benzene rings is 1. The zero-order valence-corrected chi connectivity index (χ0v) is 8.84. The lowest BCUT2D eigenvalue weighted by Gasteiger charge is -2.20. The lowest BCUT2D eigenvalue weighted by atomic mass is 10.2. The van der Waals surface area contributed by atoms with Crippen LogP contribution in [-0.4, -0.2) is 26.3 Å². The maximum absolute atomic E-state index is 12.1. The van der Waals surface area contributed by atoms with Crippen LogP contribution >= 0.6 is 11.6 Å². The molecule has 0 aromatic heterocycles. The van der Waals surface area contributed by atoms with Gasteiger partial charge in [-0.15, -0.1) is 0 Å². The summed E-state index contributed by atoms with van der Waals surface area (Å²) in [5.74, 6) is 0. The Balaban J connectivity index is 3.02. The van der Waals surface area contributed by atoms with Crippen molar-refractivity contribution in [3.05, 3.63) is 28.8 Å². The van der Waals surface area contributed by atoms with Gasteiger partial charge in [0.15, 0.2) is 6.29 Å². The van der Waals surface area contributed by atoms with Crippen LogP contribution in [0.4, 0.5) is 14.5 Å². The van der Waals surface area contributed by atoms with Crippen molar-refractivity contribution in [2.75, 3.05) is 18.5 Å². The molecule has 1 aromatic carbocycles. The van der Waals surface area contributed by atoms with Gasteiger partial charge in [-0.25, -0.2) is 8.78 Å². The molecule has 0 saturated carbocycles. The van der Waals surface area contributed by atoms with Crippen LogP contribution in [0.5, 0.6) is 0 Å². The minimum absolute atomic E-state index is 0.238. The highest BCUT2D eigenvalue weighted by Crippen LogP contribution is 2.25. The van der Waals surface area contributed by atoms with Crippen molar-refractivity contribution in [3.8, 4) is 0 Å². The van der Waals surface area contributed by atoms with Crippen LogP contribution in [-0.2, 0) is 0 Å². The van der Waals surface area contributed by atoms with Gasteiger partial charge in [0, 0.05) is 12.7 Å². The molecular weight excluding hydrogens is 224 g/mol. The first-order valence-corrected chi connectivity index (χ1v) is 4.67. The molecule has 0 heterocycles. The van der Waals surface area contributed by atoms with Crippen LogP contribution in [0.25, 0.3) is 0 Å². The summed E-state index contributed by atoms with van der Waals surface area (Å²) in [6.45, 7) is -0.429. The average molecular weight is 234 g/mol. The number of halogens is 3. The molecule has 0 atom stereocenters. The fourth-order valence-corrected chi connectivity index (χ4v) is 1.49. The van der Waals surface area contributed by atoms with E-state index >= 15 is 0 Å². The molecule has 1 aromatic rings. The van der Waals surface area contributed by atoms with E-state index in [0.717, 1.165) is 0 Å². The van der Waals surface area contributed by atoms with Crippen molar-refractivity contribution in [2.45, 2.75) is 6.43 Å². The topological polar surface area (TPSA) is 20.3 Å². The van der Waals surface area contributed by atoms with Crippen molar-refractivity contribution >= 4 is 23.6 Å². The van der Waals surface area contributed by atoms with Crippen molar-refractivity contribution in [1.82, 2.24) is 0 Å². The summed E-state index contributed by atoms with van der Waals surface area (Å²) in [6.07, 6.45) is -1.88. The van der Waals surface area contributed by atoms with Crippen LogP contribution in [0, 0.1) is 0 Å². The first kappa shape index (κ1) is 11.9. The molecule has 82 valence electrons. The molecule has 0 aliphatic heterocycles. The van der Waals surface area contributed by atoms with Crippen LogP contribution in [0.15, 0.2) is 18.2 Å². The van der Waals surface area contributed by atoms with Gasteiger partial charge in [0.1, 0.15) is 0 Å². The molecule has 0 spiro atoms. The predicted octanol–water partition coefficient (Wildman–Crippen LogP) is 2.85. The van der Waals surface area contributed by atoms with Gasteiger partial charge in [-0.3, -0.25) is 4.79 Å². The Labute approximate surface area is 91.4 Å². The van der Waals surface area contributed by atoms with E-state index in [1.807, 2.05) is 0 Å². The summed E-state index contributed by atoms with van der Waals surface area (Å²) >= 11 is 5.76. The number of carbonyl (C=O) groups is 1. The highest BCUT2D eigenvalue weighted by Gasteiger charge is 2.13. The van der Waals surface area contributed by atoms with E-state index in [2.05, 4.69) is 0 Å². The van der Waals surface area contributed by atoms with E-state index < -0.39 is 13.0 Å². The first-order chi connectivity index (χ1) is 7.06. The van der Waals surface area contributed by atoms with E-state index in [-0.39, 0.29) is 10.6 Å². The number of rotatable bonds is 4. The van der Waals surface area contributed by atoms with Gasteiger partial charge in [0.05, 0.1) is 17.1 Å². The molecule has 0 N–H and O–H groups in total. The largest absolute Gasteiger partial charge is 0.368 e. The van der Waals surface area contributed by atoms with Crippen molar-refractivity contribution < 1.29 is 13.6 Å². The van der Waals surface area contributed by atoms with Gasteiger partial charge in [-0.2, -0.15) is 0 Å². The molecule has 15 heavy (non-hydrogen) atoms. The Morgan fingerprint density at radius 2 is 2.20 bits per heavy atom. The second kappa shape index (κ2) is 5.07. The molecule has 0 saturated heterocycles. The van der Waals surface area contributed by atoms with Crippen LogP contribution < -0.4 is 4.90 Å². The zero-order valence-electron chi connectivity index (χ0n) is 8.08. The summed E-state index contributed by atoms with van der Waals surface area (Å²) in [5, 5.41) is 0.267. The van der Waals surface area contributed by atoms with Gasteiger partial charge in [-0.05, 0) is 12.1 Å². The van der Waals surface area contributed by atoms with Gasteiger partial charge in [0.25, 0.3) is 6.43 Å². The Bertz CT molecular complexity index is 357. The average Bonchev–Trinajstić information content (AvgIpc) is 2.16. The zero-order chi connectivity index (χ0) is 11.4. The predicted molar refractivity (Wildman–Crippen MR) is 56.1 cm³/mol. The Kier molecular flexibility index (Phi) is 4.03. The Hall–Kier alpha value is -1.16. The molecule has 0 fully saturated rings. The Morgan fingerprint density at radius 1 is 1.53 bits per heavy atom. The quantitative estimate of drug-likeness (QED) is 0.746. The van der Waals surface area contributed by atoms with Crippen LogP contribution in [0.2, 0.25) is 5.02 Å². The molecular formula is C10H10ClF2NO. The van der Waals surface area contributed by atoms with E-state index in [0.29, 0.717) is 12.0 Å². The number of hydrogen-bond donors (Lipinski definition) is 0. The summed E-state index contributed by atoms with van der Waals surface area (Å²) in [7, 11) is 1.49. The fraction of sp³-hybridized carbons (Fsp3) is 0.300. The van der Waals surface area contributed by atoms with Gasteiger partial charge >= 0.3 is 0 Å². The summed E-state index contributed by atoms with van der Waals surface area (Å²) in [4.78, 5) is 12.0. The molecule has 0 aliphatic rings. The fourth-order valence-electron chi connectivity index (χ4n) is 1.28. The first-order valence-electron chi connectivity index (χ1n) is 4.29. The summed E-state index contributed by atoms with van der Waals surface area (Å²) in [6, 6.07) is 4.75. The smallest absolute Gasteiger partial charge is 0.255 e. The number of nitrogens with zero attached hydrogens (tertiary/aromatic N) is 1. The normalized spacial score (nSPS) is 10.5. The third-order valence-corrected chi connectivity index (χ3v) is 2.30. The van der Waals surface area contributed by atoms with E-state index in [1.165, 1.54) is 11.9 Å². The molecule has 0 radical (unpaired) electrons. The number of carbonyl (C=O) groups excluding carboxylic acids is 1. The van der Waals surface area contributed by atoms with Crippen molar-refractivity contribution in [2.24, 2.45) is 0 Å². The monoisotopic (exact) mass is 233 g/mol. The molecule has 0 bridgehead atoms. The minimum atomic E-state index is -2.45. The third kappa shape index (κ3) is 2.89. The summed E-state index contributed by atoms with van der Waals surface area (Å²) in [5.41, 5.74) is 0.653. The van der Waals surface area contributed by atoms with Crippen molar-refractivity contribution in [3.63, 3.8) is 0 Å². The second-order valence-corrected chi connectivity index (χ2v) is 3.47. The number of hydrogen-bond acceptors (Lipinski definition) is 2. The highest BCUT2D eigenvalue weighted by molar-refractivity contribution is 6.33. The van der Waals surface area contributed by atoms with E-state index in [4.69, 9.17) is 11.6 Å². The third-order valence-electron chi connectivity index (χ3n) is 1.97. The number of alkyl halides is 2. The maximum Gasteiger partial charge on any atom is 0.255 e. The van der Waals surface area contributed by atoms with E-state index in [9.17, 15) is 13.6 Å². The SMILES string of the molecule is CN(CC(F)F)c1cccc(Cl)c1C=O. The second-order valence-electron chi connectivity index (χ2n) is 3.06. The number of aldehydes is 1. The lowest BCUT2D eigenvalue weighted by Crippen LogP contribution is -2.25. The van der Waals surface area contributed by atoms with Crippen molar-refractivity contribution in [1.29, 1.82) is 0 Å². The molecule has 2 nitrogen and oxygen atoms in total. The standard InChI is InChI=1S/C10H10ClF2NO/c1-14(5-10(12)13)9-4-2-3-8(11)7(9)6-15/h2-4,6,10H,5H2,1H3. The van der Waals surface area contributed by atoms with Crippen LogP contribution in [0.3, 0.4) is 0 Å². The van der Waals surface area contributed by atoms with Gasteiger partial charge < -0.3 is 4.90 Å². The molecule has 0 amide bonds. The minimum Gasteiger partial charge on any atom is -0.368 e. The molecule has 1 rings (SSSR count). The lowest BCUT2D eigenvalue weighted by molar-refractivity contribution is 0.112. The molecule has 0 unspecified atom stereocenters. The number of anilines is 1. The Morgan fingerprint density at radius 3 is 2.73 bits per heavy atom. The summed E-state index contributed by atoms with van der Waals surface area (Å²) < 4.78 is 24.3. The highest BCUT2D eigenvalue weighted by atomic mass is 35.5. The van der Waals surface area contributed by atoms with Gasteiger partial charge in [-0.1, -0.05) is 17.7 Å². The maximum atomic E-state index is 12.1. The van der Waals surface area contributed by atoms with Crippen LogP contribution in [0.1, 0.15) is 10.4 Å². The molecule has 5 heteroatoms. The van der Waals surface area contributed by atoms with Gasteiger partial charge in [0.2, 0.25) is 0 Å². The molecule has 0 aliphatic carbocycles.